The Hall–Kier alpha value is -1.61. The average Bonchev–Trinajstić information content (AvgIpc) is 2.63. The smallest absolute Gasteiger partial charge is 0.397 e. The van der Waals surface area contributed by atoms with Gasteiger partial charge in [-0.2, -0.15) is 0 Å². The molecular formula is C16H19N2O6PS. The molecule has 10 heteroatoms. The van der Waals surface area contributed by atoms with E-state index < -0.39 is 14.7 Å². The molecule has 2 atom stereocenters. The Kier molecular flexibility index (Phi) is 6.53. The largest absolute Gasteiger partial charge is 0.426 e. The summed E-state index contributed by atoms with van der Waals surface area (Å²) in [6.07, 6.45) is 1.43. The zero-order valence-electron chi connectivity index (χ0n) is 14.1. The van der Waals surface area contributed by atoms with Gasteiger partial charge in [-0.25, -0.2) is 4.89 Å². The van der Waals surface area contributed by atoms with Crippen LogP contribution in [-0.2, 0) is 27.1 Å². The van der Waals surface area contributed by atoms with Crippen molar-refractivity contribution in [3.63, 3.8) is 0 Å². The van der Waals surface area contributed by atoms with Gasteiger partial charge in [0.15, 0.2) is 4.77 Å². The lowest BCUT2D eigenvalue weighted by Crippen LogP contribution is -2.22. The molecule has 1 aliphatic heterocycles. The van der Waals surface area contributed by atoms with Gasteiger partial charge in [-0.3, -0.25) is 24.1 Å². The summed E-state index contributed by atoms with van der Waals surface area (Å²) in [7, 11) is -1.55. The van der Waals surface area contributed by atoms with Gasteiger partial charge in [0.2, 0.25) is 0 Å². The number of fused-ring (bicyclic) bond motifs is 1. The van der Waals surface area contributed by atoms with Crippen LogP contribution in [0.15, 0.2) is 35.3 Å². The molecule has 2 unspecified atom stereocenters. The fourth-order valence-electron chi connectivity index (χ4n) is 2.42. The minimum Gasteiger partial charge on any atom is -0.426 e. The maximum Gasteiger partial charge on any atom is 0.397 e. The third-order valence-electron chi connectivity index (χ3n) is 3.82. The van der Waals surface area contributed by atoms with Gasteiger partial charge in [0, 0.05) is 24.4 Å². The second-order valence-electron chi connectivity index (χ2n) is 5.81. The van der Waals surface area contributed by atoms with Crippen molar-refractivity contribution >= 4 is 20.8 Å². The van der Waals surface area contributed by atoms with E-state index in [1.54, 1.807) is 10.8 Å². The van der Waals surface area contributed by atoms with Gasteiger partial charge in [-0.15, -0.1) is 0 Å². The number of benzene rings is 1. The monoisotopic (exact) mass is 398 g/mol. The highest BCUT2D eigenvalue weighted by Gasteiger charge is 2.25. The van der Waals surface area contributed by atoms with Gasteiger partial charge < -0.3 is 9.09 Å². The van der Waals surface area contributed by atoms with Gasteiger partial charge in [-0.1, -0.05) is 17.7 Å². The number of hydrogen-bond donors (Lipinski definition) is 2. The average molecular weight is 398 g/mol. The van der Waals surface area contributed by atoms with Crippen LogP contribution >= 0.6 is 20.8 Å². The van der Waals surface area contributed by atoms with Crippen molar-refractivity contribution in [2.75, 3.05) is 6.61 Å². The number of nitrogens with zero attached hydrogens (tertiary/aromatic N) is 1. The van der Waals surface area contributed by atoms with E-state index in [1.807, 2.05) is 25.1 Å². The van der Waals surface area contributed by atoms with Crippen LogP contribution in [0.2, 0.25) is 0 Å². The van der Waals surface area contributed by atoms with Crippen molar-refractivity contribution in [1.29, 1.82) is 0 Å². The van der Waals surface area contributed by atoms with Crippen LogP contribution in [-0.4, -0.2) is 27.5 Å². The number of H-pyrrole nitrogens is 1. The summed E-state index contributed by atoms with van der Waals surface area (Å²) in [5.74, 6) is 0.744. The lowest BCUT2D eigenvalue weighted by molar-refractivity contribution is -0.285. The molecule has 0 bridgehead atoms. The van der Waals surface area contributed by atoms with Crippen LogP contribution < -0.4 is 10.1 Å². The standard InChI is InChI=1S/C16H19N2O6PS/c1-11-2-3-14-12(8-11)9-21-25(24-14)22-10-13(23-20)4-6-18-7-5-15(19)17-16(18)26/h2-3,5,7-8,13,20H,4,6,9-10H2,1H3,(H,17,19,26). The lowest BCUT2D eigenvalue weighted by atomic mass is 10.1. The van der Waals surface area contributed by atoms with Crippen LogP contribution in [0.25, 0.3) is 0 Å². The van der Waals surface area contributed by atoms with Gasteiger partial charge in [0.05, 0.1) is 13.2 Å². The van der Waals surface area contributed by atoms with Crippen LogP contribution in [0, 0.1) is 11.7 Å². The molecule has 2 N–H and O–H groups in total. The maximum atomic E-state index is 11.2. The van der Waals surface area contributed by atoms with E-state index in [2.05, 4.69) is 9.87 Å². The first-order valence-electron chi connectivity index (χ1n) is 7.98. The molecule has 0 saturated carbocycles. The molecule has 1 aromatic heterocycles. The van der Waals surface area contributed by atoms with E-state index in [-0.39, 0.29) is 12.2 Å². The Balaban J connectivity index is 1.50. The highest BCUT2D eigenvalue weighted by Crippen LogP contribution is 2.47. The van der Waals surface area contributed by atoms with E-state index >= 15 is 0 Å². The highest BCUT2D eigenvalue weighted by molar-refractivity contribution is 7.71. The van der Waals surface area contributed by atoms with Crippen molar-refractivity contribution in [2.45, 2.75) is 32.6 Å². The number of aromatic amines is 1. The summed E-state index contributed by atoms with van der Waals surface area (Å²) < 4.78 is 18.9. The number of aromatic nitrogens is 2. The molecule has 2 aromatic rings. The zero-order chi connectivity index (χ0) is 18.5. The first-order chi connectivity index (χ1) is 12.5. The molecule has 0 aliphatic carbocycles. The Morgan fingerprint density at radius 1 is 1.46 bits per heavy atom. The molecule has 0 amide bonds. The van der Waals surface area contributed by atoms with Crippen molar-refractivity contribution in [3.05, 3.63) is 56.7 Å². The Morgan fingerprint density at radius 2 is 2.31 bits per heavy atom. The molecule has 1 aliphatic rings. The highest BCUT2D eigenvalue weighted by atomic mass is 32.1. The summed E-state index contributed by atoms with van der Waals surface area (Å²) >= 11 is 5.08. The third kappa shape index (κ3) is 4.97. The fourth-order valence-corrected chi connectivity index (χ4v) is 3.72. The zero-order valence-corrected chi connectivity index (χ0v) is 15.8. The first-order valence-corrected chi connectivity index (χ1v) is 9.49. The van der Waals surface area contributed by atoms with Gasteiger partial charge in [0.25, 0.3) is 5.56 Å². The third-order valence-corrected chi connectivity index (χ3v) is 5.20. The minimum absolute atomic E-state index is 0.0973. The fraction of sp³-hybridized carbons (Fsp3) is 0.375. The normalized spacial score (nSPS) is 17.4. The predicted octanol–water partition coefficient (Wildman–Crippen LogP) is 3.32. The topological polar surface area (TPSA) is 94.9 Å². The second-order valence-corrected chi connectivity index (χ2v) is 7.35. The molecule has 1 aromatic carbocycles. The second kappa shape index (κ2) is 8.85. The minimum atomic E-state index is -1.55. The molecule has 3 rings (SSSR count). The van der Waals surface area contributed by atoms with E-state index in [9.17, 15) is 4.79 Å². The lowest BCUT2D eigenvalue weighted by Gasteiger charge is -2.25. The molecule has 2 heterocycles. The molecule has 0 saturated heterocycles. The summed E-state index contributed by atoms with van der Waals surface area (Å²) in [5, 5.41) is 9.09. The van der Waals surface area contributed by atoms with Crippen LogP contribution in [0.5, 0.6) is 5.75 Å². The van der Waals surface area contributed by atoms with Crippen molar-refractivity contribution in [3.8, 4) is 5.75 Å². The summed E-state index contributed by atoms with van der Waals surface area (Å²) in [5.41, 5.74) is 1.86. The maximum absolute atomic E-state index is 11.2. The summed E-state index contributed by atoms with van der Waals surface area (Å²) in [6.45, 7) is 2.97. The van der Waals surface area contributed by atoms with Crippen LogP contribution in [0.3, 0.4) is 0 Å². The number of nitrogens with one attached hydrogen (secondary N) is 1. The number of rotatable bonds is 7. The van der Waals surface area contributed by atoms with E-state index in [4.69, 9.17) is 31.0 Å². The molecule has 8 nitrogen and oxygen atoms in total. The quantitative estimate of drug-likeness (QED) is 0.320. The molecule has 0 spiro atoms. The molecule has 26 heavy (non-hydrogen) atoms. The van der Waals surface area contributed by atoms with Gasteiger partial charge >= 0.3 is 8.60 Å². The SMILES string of the molecule is Cc1ccc2c(c1)COP(OCC(CCn1ccc(=O)[nH]c1=S)OO)O2. The van der Waals surface area contributed by atoms with Crippen molar-refractivity contribution in [1.82, 2.24) is 9.55 Å². The van der Waals surface area contributed by atoms with Crippen molar-refractivity contribution < 1.29 is 23.7 Å². The Morgan fingerprint density at radius 3 is 3.08 bits per heavy atom. The van der Waals surface area contributed by atoms with Gasteiger partial charge in [-0.05, 0) is 31.6 Å². The van der Waals surface area contributed by atoms with Gasteiger partial charge in [0.1, 0.15) is 11.9 Å². The van der Waals surface area contributed by atoms with Crippen LogP contribution in [0.1, 0.15) is 17.5 Å². The molecule has 140 valence electrons. The van der Waals surface area contributed by atoms with E-state index in [1.165, 1.54) is 6.07 Å². The number of hydrogen-bond acceptors (Lipinski definition) is 7. The van der Waals surface area contributed by atoms with Crippen molar-refractivity contribution in [2.24, 2.45) is 0 Å². The first kappa shape index (κ1) is 19.2. The molecular weight excluding hydrogens is 379 g/mol. The molecule has 0 radical (unpaired) electrons. The summed E-state index contributed by atoms with van der Waals surface area (Å²) in [4.78, 5) is 18.2. The predicted molar refractivity (Wildman–Crippen MR) is 97.5 cm³/mol. The van der Waals surface area contributed by atoms with Crippen LogP contribution in [0.4, 0.5) is 0 Å². The Labute approximate surface area is 156 Å². The van der Waals surface area contributed by atoms with E-state index in [0.29, 0.717) is 24.3 Å². The molecule has 0 fully saturated rings. The number of aryl methyl sites for hydroxylation is 2. The summed E-state index contributed by atoms with van der Waals surface area (Å²) in [6, 6.07) is 7.25. The van der Waals surface area contributed by atoms with E-state index in [0.717, 1.165) is 16.9 Å². The Bertz CT molecular complexity index is 870.